The summed E-state index contributed by atoms with van der Waals surface area (Å²) in [5.74, 6) is 0.347. The van der Waals surface area contributed by atoms with Crippen LogP contribution in [0.1, 0.15) is 29.9 Å². The fourth-order valence-corrected chi connectivity index (χ4v) is 4.51. The number of nitrogens with one attached hydrogen (secondary N) is 1. The Morgan fingerprint density at radius 2 is 1.66 bits per heavy atom. The molecule has 1 N–H and O–H groups in total. The van der Waals surface area contributed by atoms with Gasteiger partial charge in [0.25, 0.3) is 0 Å². The van der Waals surface area contributed by atoms with Crippen molar-refractivity contribution in [3.8, 4) is 0 Å². The second-order valence-electron chi connectivity index (χ2n) is 7.59. The summed E-state index contributed by atoms with van der Waals surface area (Å²) >= 11 is 0. The number of rotatable bonds is 6. The summed E-state index contributed by atoms with van der Waals surface area (Å²) < 4.78 is 25.6. The van der Waals surface area contributed by atoms with E-state index in [0.29, 0.717) is 30.4 Å². The van der Waals surface area contributed by atoms with Crippen LogP contribution in [0.4, 0.5) is 4.79 Å². The number of sulfonamides is 1. The van der Waals surface area contributed by atoms with Crippen molar-refractivity contribution in [3.63, 3.8) is 0 Å². The number of carbonyl (C=O) groups is 1. The molecule has 0 spiro atoms. The van der Waals surface area contributed by atoms with Gasteiger partial charge in [0.05, 0.1) is 4.90 Å². The summed E-state index contributed by atoms with van der Waals surface area (Å²) in [6.45, 7) is 2.05. The fourth-order valence-electron chi connectivity index (χ4n) is 3.61. The zero-order chi connectivity index (χ0) is 20.9. The predicted molar refractivity (Wildman–Crippen MR) is 114 cm³/mol. The lowest BCUT2D eigenvalue weighted by Gasteiger charge is -2.32. The highest BCUT2D eigenvalue weighted by molar-refractivity contribution is 7.89. The summed E-state index contributed by atoms with van der Waals surface area (Å²) in [5.41, 5.74) is 2.35. The lowest BCUT2D eigenvalue weighted by Crippen LogP contribution is -2.44. The molecule has 1 heterocycles. The van der Waals surface area contributed by atoms with E-state index >= 15 is 0 Å². The van der Waals surface area contributed by atoms with Crippen molar-refractivity contribution in [1.29, 1.82) is 0 Å². The normalized spacial score (nSPS) is 15.5. The van der Waals surface area contributed by atoms with Crippen molar-refractivity contribution in [2.75, 3.05) is 33.7 Å². The highest BCUT2D eigenvalue weighted by Gasteiger charge is 2.24. The number of nitrogens with zero attached hydrogens (tertiary/aromatic N) is 2. The van der Waals surface area contributed by atoms with Gasteiger partial charge < -0.3 is 10.2 Å². The van der Waals surface area contributed by atoms with Crippen molar-refractivity contribution in [2.24, 2.45) is 0 Å². The van der Waals surface area contributed by atoms with Crippen LogP contribution in [0.3, 0.4) is 0 Å². The molecule has 0 bridgehead atoms. The summed E-state index contributed by atoms with van der Waals surface area (Å²) in [6.07, 6.45) is 2.59. The van der Waals surface area contributed by atoms with Crippen molar-refractivity contribution in [1.82, 2.24) is 14.5 Å². The average molecular weight is 416 g/mol. The van der Waals surface area contributed by atoms with Crippen molar-refractivity contribution in [2.45, 2.75) is 30.1 Å². The molecule has 2 amide bonds. The molecule has 2 aromatic rings. The third-order valence-corrected chi connectivity index (χ3v) is 7.27. The number of benzene rings is 2. The molecule has 0 aromatic heterocycles. The van der Waals surface area contributed by atoms with Gasteiger partial charge in [-0.15, -0.1) is 0 Å². The molecule has 0 aliphatic carbocycles. The Kier molecular flexibility index (Phi) is 6.92. The van der Waals surface area contributed by atoms with Crippen LogP contribution in [-0.2, 0) is 16.4 Å². The molecular formula is C22H29N3O3S. The molecule has 0 atom stereocenters. The Bertz CT molecular complexity index is 904. The number of carbonyl (C=O) groups excluding carboxylic acids is 1. The zero-order valence-electron chi connectivity index (χ0n) is 17.0. The van der Waals surface area contributed by atoms with Crippen LogP contribution >= 0.6 is 0 Å². The van der Waals surface area contributed by atoms with Gasteiger partial charge in [-0.25, -0.2) is 17.5 Å². The van der Waals surface area contributed by atoms with E-state index in [4.69, 9.17) is 0 Å². The molecule has 1 fully saturated rings. The molecule has 156 valence electrons. The summed E-state index contributed by atoms with van der Waals surface area (Å²) in [7, 11) is -0.338. The first-order valence-corrected chi connectivity index (χ1v) is 11.4. The maximum Gasteiger partial charge on any atom is 0.317 e. The van der Waals surface area contributed by atoms with Gasteiger partial charge in [-0.05, 0) is 48.4 Å². The van der Waals surface area contributed by atoms with Crippen LogP contribution < -0.4 is 5.32 Å². The topological polar surface area (TPSA) is 69.7 Å². The van der Waals surface area contributed by atoms with Gasteiger partial charge >= 0.3 is 6.03 Å². The van der Waals surface area contributed by atoms with Gasteiger partial charge in [0.1, 0.15) is 0 Å². The van der Waals surface area contributed by atoms with E-state index in [1.165, 1.54) is 24.0 Å². The lowest BCUT2D eigenvalue weighted by atomic mass is 9.89. The van der Waals surface area contributed by atoms with Crippen LogP contribution in [0.2, 0.25) is 0 Å². The van der Waals surface area contributed by atoms with E-state index in [2.05, 4.69) is 17.4 Å². The Morgan fingerprint density at radius 3 is 2.24 bits per heavy atom. The number of likely N-dealkylation sites (tertiary alicyclic amines) is 1. The highest BCUT2D eigenvalue weighted by atomic mass is 32.2. The molecule has 0 saturated carbocycles. The van der Waals surface area contributed by atoms with Crippen molar-refractivity contribution >= 4 is 16.1 Å². The number of amides is 2. The van der Waals surface area contributed by atoms with E-state index < -0.39 is 10.0 Å². The maximum absolute atomic E-state index is 12.4. The van der Waals surface area contributed by atoms with Crippen LogP contribution in [0.5, 0.6) is 0 Å². The summed E-state index contributed by atoms with van der Waals surface area (Å²) in [4.78, 5) is 14.6. The lowest BCUT2D eigenvalue weighted by molar-refractivity contribution is 0.181. The van der Waals surface area contributed by atoms with E-state index in [-0.39, 0.29) is 6.03 Å². The van der Waals surface area contributed by atoms with Gasteiger partial charge in [0.2, 0.25) is 10.0 Å². The summed E-state index contributed by atoms with van der Waals surface area (Å²) in [6, 6.07) is 17.3. The molecule has 29 heavy (non-hydrogen) atoms. The van der Waals surface area contributed by atoms with Gasteiger partial charge in [-0.1, -0.05) is 42.5 Å². The molecule has 6 nitrogen and oxygen atoms in total. The molecule has 1 aliphatic heterocycles. The smallest absolute Gasteiger partial charge is 0.317 e. The fraction of sp³-hybridized carbons (Fsp3) is 0.409. The molecular weight excluding hydrogens is 386 g/mol. The van der Waals surface area contributed by atoms with Gasteiger partial charge in [0.15, 0.2) is 0 Å². The summed E-state index contributed by atoms with van der Waals surface area (Å²) in [5, 5.41) is 3.01. The largest absolute Gasteiger partial charge is 0.338 e. The van der Waals surface area contributed by atoms with E-state index in [9.17, 15) is 13.2 Å². The average Bonchev–Trinajstić information content (AvgIpc) is 2.74. The zero-order valence-corrected chi connectivity index (χ0v) is 17.9. The van der Waals surface area contributed by atoms with Crippen molar-refractivity contribution in [3.05, 3.63) is 65.7 Å². The SMILES string of the molecule is CN(C)S(=O)(=O)c1ccc(C2CCN(C(=O)NCCc3ccccc3)CC2)cc1. The number of hydrogen-bond donors (Lipinski definition) is 1. The first-order valence-electron chi connectivity index (χ1n) is 9.97. The van der Waals surface area contributed by atoms with Crippen LogP contribution in [0.15, 0.2) is 59.5 Å². The molecule has 1 saturated heterocycles. The molecule has 2 aromatic carbocycles. The number of urea groups is 1. The minimum Gasteiger partial charge on any atom is -0.338 e. The molecule has 3 rings (SSSR count). The Balaban J connectivity index is 1.48. The predicted octanol–water partition coefficient (Wildman–Crippen LogP) is 3.07. The quantitative estimate of drug-likeness (QED) is 0.788. The Hall–Kier alpha value is -2.38. The minimum absolute atomic E-state index is 0.00759. The Morgan fingerprint density at radius 1 is 1.03 bits per heavy atom. The standard InChI is InChI=1S/C22H29N3O3S/c1-24(2)29(27,28)21-10-8-19(9-11-21)20-13-16-25(17-14-20)22(26)23-15-12-18-6-4-3-5-7-18/h3-11,20H,12-17H2,1-2H3,(H,23,26). The maximum atomic E-state index is 12.4. The number of hydrogen-bond acceptors (Lipinski definition) is 3. The van der Waals surface area contributed by atoms with Crippen molar-refractivity contribution < 1.29 is 13.2 Å². The second-order valence-corrected chi connectivity index (χ2v) is 9.74. The third kappa shape index (κ3) is 5.36. The van der Waals surface area contributed by atoms with E-state index in [0.717, 1.165) is 24.8 Å². The molecule has 7 heteroatoms. The Labute approximate surface area is 173 Å². The second kappa shape index (κ2) is 9.41. The molecule has 1 aliphatic rings. The van der Waals surface area contributed by atoms with Crippen LogP contribution in [0, 0.1) is 0 Å². The van der Waals surface area contributed by atoms with Gasteiger partial charge in [0, 0.05) is 33.7 Å². The van der Waals surface area contributed by atoms with E-state index in [1.54, 1.807) is 12.1 Å². The van der Waals surface area contributed by atoms with Crippen LogP contribution in [0.25, 0.3) is 0 Å². The van der Waals surface area contributed by atoms with Crippen LogP contribution in [-0.4, -0.2) is 57.4 Å². The molecule has 0 unspecified atom stereocenters. The first-order chi connectivity index (χ1) is 13.9. The minimum atomic E-state index is -3.40. The number of piperidine rings is 1. The third-order valence-electron chi connectivity index (χ3n) is 5.44. The van der Waals surface area contributed by atoms with Gasteiger partial charge in [-0.3, -0.25) is 0 Å². The highest BCUT2D eigenvalue weighted by Crippen LogP contribution is 2.29. The van der Waals surface area contributed by atoms with E-state index in [1.807, 2.05) is 35.2 Å². The molecule has 0 radical (unpaired) electrons. The monoisotopic (exact) mass is 415 g/mol. The van der Waals surface area contributed by atoms with Gasteiger partial charge in [-0.2, -0.15) is 0 Å². The first kappa shape index (κ1) is 21.3.